The molecule has 4 aromatic rings. The zero-order valence-corrected chi connectivity index (χ0v) is 19.5. The van der Waals surface area contributed by atoms with Crippen molar-refractivity contribution in [3.63, 3.8) is 0 Å². The molecule has 0 radical (unpaired) electrons. The van der Waals surface area contributed by atoms with Crippen LogP contribution in [-0.2, 0) is 24.1 Å². The first kappa shape index (κ1) is 21.5. The smallest absolute Gasteiger partial charge is 0.295 e. The standard InChI is InChI=1S/C22H20ClN3O3S2/c1-14-4-10-17(11-5-14)31(28,29)24-18-12-19-20(26(3)22(27)25(19)2)13-21(18)30-16-8-6-15(23)7-9-16/h4-13,24H,1-3H3. The van der Waals surface area contributed by atoms with Gasteiger partial charge in [0, 0.05) is 28.9 Å². The molecule has 0 saturated heterocycles. The number of aryl methyl sites for hydroxylation is 3. The highest BCUT2D eigenvalue weighted by Gasteiger charge is 2.19. The Morgan fingerprint density at radius 1 is 0.903 bits per heavy atom. The summed E-state index contributed by atoms with van der Waals surface area (Å²) in [5, 5.41) is 0.616. The molecule has 3 aromatic carbocycles. The Bertz CT molecular complexity index is 1440. The van der Waals surface area contributed by atoms with Crippen LogP contribution in [0.4, 0.5) is 5.69 Å². The Hall–Kier alpha value is -2.68. The number of rotatable bonds is 5. The van der Waals surface area contributed by atoms with Crippen molar-refractivity contribution >= 4 is 50.1 Å². The number of nitrogens with one attached hydrogen (secondary N) is 1. The van der Waals surface area contributed by atoms with Crippen molar-refractivity contribution in [3.05, 3.63) is 81.7 Å². The number of halogens is 1. The predicted octanol–water partition coefficient (Wildman–Crippen LogP) is 4.79. The third-order valence-corrected chi connectivity index (χ3v) is 7.69. The van der Waals surface area contributed by atoms with Crippen LogP contribution in [0.3, 0.4) is 0 Å². The van der Waals surface area contributed by atoms with Gasteiger partial charge in [-0.2, -0.15) is 0 Å². The van der Waals surface area contributed by atoms with Gasteiger partial charge in [0.15, 0.2) is 0 Å². The van der Waals surface area contributed by atoms with E-state index in [9.17, 15) is 13.2 Å². The highest BCUT2D eigenvalue weighted by molar-refractivity contribution is 7.99. The first-order chi connectivity index (χ1) is 14.7. The summed E-state index contributed by atoms with van der Waals surface area (Å²) in [5.74, 6) is 0. The Morgan fingerprint density at radius 2 is 1.48 bits per heavy atom. The van der Waals surface area contributed by atoms with Crippen LogP contribution in [0, 0.1) is 6.92 Å². The number of benzene rings is 3. The van der Waals surface area contributed by atoms with Gasteiger partial charge in [0.1, 0.15) is 0 Å². The molecule has 0 fully saturated rings. The summed E-state index contributed by atoms with van der Waals surface area (Å²) in [6.45, 7) is 1.90. The molecule has 0 aliphatic rings. The number of hydrogen-bond donors (Lipinski definition) is 1. The molecule has 0 atom stereocenters. The van der Waals surface area contributed by atoms with Crippen LogP contribution in [0.15, 0.2) is 80.1 Å². The highest BCUT2D eigenvalue weighted by Crippen LogP contribution is 2.37. The lowest BCUT2D eigenvalue weighted by Gasteiger charge is -2.14. The second-order valence-corrected chi connectivity index (χ2v) is 10.4. The zero-order valence-electron chi connectivity index (χ0n) is 17.1. The number of fused-ring (bicyclic) bond motifs is 1. The third kappa shape index (κ3) is 4.23. The van der Waals surface area contributed by atoms with E-state index in [0.29, 0.717) is 26.6 Å². The normalized spacial score (nSPS) is 11.7. The zero-order chi connectivity index (χ0) is 22.3. The first-order valence-corrected chi connectivity index (χ1v) is 12.1. The van der Waals surface area contributed by atoms with E-state index >= 15 is 0 Å². The van der Waals surface area contributed by atoms with Crippen molar-refractivity contribution in [1.29, 1.82) is 0 Å². The highest BCUT2D eigenvalue weighted by atomic mass is 35.5. The molecule has 0 amide bonds. The minimum atomic E-state index is -3.82. The fourth-order valence-electron chi connectivity index (χ4n) is 3.24. The van der Waals surface area contributed by atoms with Gasteiger partial charge < -0.3 is 0 Å². The molecule has 6 nitrogen and oxygen atoms in total. The third-order valence-electron chi connectivity index (χ3n) is 4.99. The number of nitrogens with zero attached hydrogens (tertiary/aromatic N) is 2. The topological polar surface area (TPSA) is 73.1 Å². The molecule has 0 unspecified atom stereocenters. The van der Waals surface area contributed by atoms with Gasteiger partial charge in [0.2, 0.25) is 0 Å². The van der Waals surface area contributed by atoms with Crippen LogP contribution in [0.25, 0.3) is 11.0 Å². The number of sulfonamides is 1. The van der Waals surface area contributed by atoms with Crippen LogP contribution in [0.1, 0.15) is 5.56 Å². The maximum absolute atomic E-state index is 13.0. The van der Waals surface area contributed by atoms with Crippen LogP contribution >= 0.6 is 23.4 Å². The Labute approximate surface area is 189 Å². The lowest BCUT2D eigenvalue weighted by molar-refractivity contribution is 0.601. The van der Waals surface area contributed by atoms with Gasteiger partial charge in [-0.25, -0.2) is 13.2 Å². The molecule has 0 bridgehead atoms. The molecular weight excluding hydrogens is 454 g/mol. The summed E-state index contributed by atoms with van der Waals surface area (Å²) in [6.07, 6.45) is 0. The molecule has 160 valence electrons. The number of anilines is 1. The largest absolute Gasteiger partial charge is 0.328 e. The van der Waals surface area contributed by atoms with Crippen LogP contribution in [-0.4, -0.2) is 17.6 Å². The van der Waals surface area contributed by atoms with Gasteiger partial charge in [0.05, 0.1) is 21.6 Å². The monoisotopic (exact) mass is 473 g/mol. The van der Waals surface area contributed by atoms with E-state index in [1.807, 2.05) is 25.1 Å². The van der Waals surface area contributed by atoms with Gasteiger partial charge in [-0.1, -0.05) is 41.1 Å². The molecule has 1 heterocycles. The Balaban J connectivity index is 1.85. The van der Waals surface area contributed by atoms with Crippen LogP contribution in [0.2, 0.25) is 5.02 Å². The van der Waals surface area contributed by atoms with Crippen molar-refractivity contribution in [2.24, 2.45) is 14.1 Å². The predicted molar refractivity (Wildman–Crippen MR) is 126 cm³/mol. The minimum absolute atomic E-state index is 0.169. The summed E-state index contributed by atoms with van der Waals surface area (Å²) < 4.78 is 31.8. The molecule has 0 aliphatic heterocycles. The second-order valence-electron chi connectivity index (χ2n) is 7.21. The average molecular weight is 474 g/mol. The van der Waals surface area contributed by atoms with E-state index in [1.54, 1.807) is 61.1 Å². The molecule has 0 saturated carbocycles. The molecule has 1 aromatic heterocycles. The molecule has 31 heavy (non-hydrogen) atoms. The summed E-state index contributed by atoms with van der Waals surface area (Å²) in [7, 11) is -0.461. The number of aromatic nitrogens is 2. The number of hydrogen-bond acceptors (Lipinski definition) is 4. The summed E-state index contributed by atoms with van der Waals surface area (Å²) in [5.41, 5.74) is 2.53. The molecule has 9 heteroatoms. The van der Waals surface area contributed by atoms with Crippen LogP contribution in [0.5, 0.6) is 0 Å². The summed E-state index contributed by atoms with van der Waals surface area (Å²) >= 11 is 7.38. The Morgan fingerprint density at radius 3 is 2.10 bits per heavy atom. The van der Waals surface area contributed by atoms with Gasteiger partial charge in [0.25, 0.3) is 10.0 Å². The van der Waals surface area contributed by atoms with Gasteiger partial charge in [-0.05, 0) is 55.5 Å². The van der Waals surface area contributed by atoms with Crippen LogP contribution < -0.4 is 10.4 Å². The molecule has 0 spiro atoms. The van der Waals surface area contributed by atoms with E-state index in [0.717, 1.165) is 10.5 Å². The number of imidazole rings is 1. The Kier molecular flexibility index (Phi) is 5.63. The lowest BCUT2D eigenvalue weighted by atomic mass is 10.2. The summed E-state index contributed by atoms with van der Waals surface area (Å²) in [4.78, 5) is 14.1. The maximum atomic E-state index is 13.0. The van der Waals surface area contributed by atoms with E-state index in [1.165, 1.54) is 16.3 Å². The second kappa shape index (κ2) is 8.11. The fraction of sp³-hybridized carbons (Fsp3) is 0.136. The quantitative estimate of drug-likeness (QED) is 0.452. The SMILES string of the molecule is Cc1ccc(S(=O)(=O)Nc2cc3c(cc2Sc2ccc(Cl)cc2)n(C)c(=O)n3C)cc1. The minimum Gasteiger partial charge on any atom is -0.295 e. The van der Waals surface area contributed by atoms with Gasteiger partial charge in [-0.3, -0.25) is 13.9 Å². The fourth-order valence-corrected chi connectivity index (χ4v) is 5.42. The van der Waals surface area contributed by atoms with Crippen molar-refractivity contribution in [1.82, 2.24) is 9.13 Å². The van der Waals surface area contributed by atoms with Gasteiger partial charge in [-0.15, -0.1) is 0 Å². The van der Waals surface area contributed by atoms with Gasteiger partial charge >= 0.3 is 5.69 Å². The molecule has 1 N–H and O–H groups in total. The molecular formula is C22H20ClN3O3S2. The lowest BCUT2D eigenvalue weighted by Crippen LogP contribution is -2.19. The first-order valence-electron chi connectivity index (χ1n) is 9.38. The molecule has 4 rings (SSSR count). The summed E-state index contributed by atoms with van der Waals surface area (Å²) in [6, 6.07) is 17.4. The van der Waals surface area contributed by atoms with Crippen molar-refractivity contribution in [2.75, 3.05) is 4.72 Å². The van der Waals surface area contributed by atoms with Crippen molar-refractivity contribution < 1.29 is 8.42 Å². The average Bonchev–Trinajstić information content (AvgIpc) is 2.94. The molecule has 0 aliphatic carbocycles. The van der Waals surface area contributed by atoms with E-state index in [4.69, 9.17) is 11.6 Å². The maximum Gasteiger partial charge on any atom is 0.328 e. The van der Waals surface area contributed by atoms with Crippen molar-refractivity contribution in [3.8, 4) is 0 Å². The van der Waals surface area contributed by atoms with Crippen molar-refractivity contribution in [2.45, 2.75) is 21.6 Å². The van der Waals surface area contributed by atoms with E-state index in [2.05, 4.69) is 4.72 Å². The van der Waals surface area contributed by atoms with E-state index < -0.39 is 10.0 Å². The van der Waals surface area contributed by atoms with E-state index in [-0.39, 0.29) is 10.6 Å².